The number of nitrogens with one attached hydrogen (secondary N) is 3. The van der Waals surface area contributed by atoms with E-state index in [-0.39, 0.29) is 17.4 Å². The quantitative estimate of drug-likeness (QED) is 0.668. The van der Waals surface area contributed by atoms with Crippen molar-refractivity contribution in [1.29, 1.82) is 0 Å². The van der Waals surface area contributed by atoms with E-state index >= 15 is 0 Å². The Balaban J connectivity index is 1.22. The summed E-state index contributed by atoms with van der Waals surface area (Å²) in [7, 11) is 0. The van der Waals surface area contributed by atoms with Crippen molar-refractivity contribution >= 4 is 23.2 Å². The van der Waals surface area contributed by atoms with Crippen LogP contribution in [0.2, 0.25) is 0 Å². The van der Waals surface area contributed by atoms with Gasteiger partial charge in [0.2, 0.25) is 5.91 Å². The molecule has 0 saturated heterocycles. The Morgan fingerprint density at radius 1 is 0.800 bits per heavy atom. The predicted molar refractivity (Wildman–Crippen MR) is 118 cm³/mol. The van der Waals surface area contributed by atoms with Gasteiger partial charge in [-0.2, -0.15) is 0 Å². The normalized spacial score (nSPS) is 28.9. The van der Waals surface area contributed by atoms with Crippen LogP contribution >= 0.6 is 0 Å². The minimum Gasteiger partial charge on any atom is -0.324 e. The number of anilines is 2. The number of hydrogen-bond acceptors (Lipinski definition) is 3. The van der Waals surface area contributed by atoms with Gasteiger partial charge in [-0.3, -0.25) is 9.59 Å². The van der Waals surface area contributed by atoms with Crippen molar-refractivity contribution in [2.75, 3.05) is 17.2 Å². The fourth-order valence-electron chi connectivity index (χ4n) is 6.30. The minimum atomic E-state index is -0.230. The number of carbonyl (C=O) groups excluding carboxylic acids is 2. The van der Waals surface area contributed by atoms with Crippen molar-refractivity contribution < 1.29 is 9.59 Å². The molecule has 0 heterocycles. The van der Waals surface area contributed by atoms with Crippen molar-refractivity contribution in [3.05, 3.63) is 60.2 Å². The molecule has 2 amide bonds. The van der Waals surface area contributed by atoms with Crippen molar-refractivity contribution in [2.45, 2.75) is 44.1 Å². The fourth-order valence-corrected chi connectivity index (χ4v) is 6.30. The van der Waals surface area contributed by atoms with Gasteiger partial charge in [0.05, 0.1) is 17.8 Å². The maximum atomic E-state index is 12.7. The second kappa shape index (κ2) is 7.88. The van der Waals surface area contributed by atoms with Gasteiger partial charge in [-0.1, -0.05) is 30.3 Å². The largest absolute Gasteiger partial charge is 0.324 e. The first-order valence-electron chi connectivity index (χ1n) is 11.1. The molecule has 2 aromatic rings. The van der Waals surface area contributed by atoms with Gasteiger partial charge in [0.1, 0.15) is 0 Å². The van der Waals surface area contributed by atoms with Gasteiger partial charge < -0.3 is 16.0 Å². The fraction of sp³-hybridized carbons (Fsp3) is 0.440. The highest BCUT2D eigenvalue weighted by molar-refractivity contribution is 6.10. The smallest absolute Gasteiger partial charge is 0.257 e. The maximum Gasteiger partial charge on any atom is 0.257 e. The molecule has 0 spiro atoms. The molecule has 0 aromatic heterocycles. The zero-order valence-electron chi connectivity index (χ0n) is 17.2. The van der Waals surface area contributed by atoms with Crippen LogP contribution in [0.5, 0.6) is 0 Å². The van der Waals surface area contributed by atoms with E-state index in [1.54, 1.807) is 12.1 Å². The van der Waals surface area contributed by atoms with Gasteiger partial charge in [-0.15, -0.1) is 0 Å². The highest BCUT2D eigenvalue weighted by atomic mass is 16.2. The topological polar surface area (TPSA) is 70.2 Å². The summed E-state index contributed by atoms with van der Waals surface area (Å²) in [5.41, 5.74) is 1.89. The van der Waals surface area contributed by atoms with Crippen LogP contribution in [-0.2, 0) is 4.79 Å². The van der Waals surface area contributed by atoms with Crippen LogP contribution in [0.15, 0.2) is 54.6 Å². The molecule has 0 radical (unpaired) electrons. The molecule has 0 atom stereocenters. The molecule has 156 valence electrons. The SMILES string of the molecule is O=C(CNC12CC3CC(CC(C3)C1)C2)Nc1ccccc1C(=O)Nc1ccccc1. The molecule has 4 fully saturated rings. The lowest BCUT2D eigenvalue weighted by Crippen LogP contribution is -2.59. The van der Waals surface area contributed by atoms with Gasteiger partial charge in [-0.25, -0.2) is 0 Å². The molecular formula is C25H29N3O2. The van der Waals surface area contributed by atoms with Crippen LogP contribution < -0.4 is 16.0 Å². The summed E-state index contributed by atoms with van der Waals surface area (Å²) >= 11 is 0. The summed E-state index contributed by atoms with van der Waals surface area (Å²) in [6, 6.07) is 16.5. The molecule has 5 heteroatoms. The van der Waals surface area contributed by atoms with E-state index in [4.69, 9.17) is 0 Å². The Kier molecular flexibility index (Phi) is 5.07. The van der Waals surface area contributed by atoms with E-state index in [0.717, 1.165) is 23.4 Å². The van der Waals surface area contributed by atoms with Crippen molar-refractivity contribution in [3.8, 4) is 0 Å². The molecule has 0 aliphatic heterocycles. The van der Waals surface area contributed by atoms with E-state index in [1.165, 1.54) is 38.5 Å². The number of carbonyl (C=O) groups is 2. The van der Waals surface area contributed by atoms with E-state index < -0.39 is 0 Å². The summed E-state index contributed by atoms with van der Waals surface area (Å²) in [6.45, 7) is 0.292. The first kappa shape index (κ1) is 19.3. The summed E-state index contributed by atoms with van der Waals surface area (Å²) in [5, 5.41) is 9.46. The molecule has 2 aromatic carbocycles. The first-order chi connectivity index (χ1) is 14.6. The monoisotopic (exact) mass is 403 g/mol. The van der Waals surface area contributed by atoms with Crippen LogP contribution in [0.4, 0.5) is 11.4 Å². The molecule has 6 rings (SSSR count). The van der Waals surface area contributed by atoms with Gasteiger partial charge in [0, 0.05) is 11.2 Å². The lowest BCUT2D eigenvalue weighted by molar-refractivity contribution is -0.116. The van der Waals surface area contributed by atoms with E-state index in [0.29, 0.717) is 17.8 Å². The lowest BCUT2D eigenvalue weighted by Gasteiger charge is -2.57. The molecule has 30 heavy (non-hydrogen) atoms. The van der Waals surface area contributed by atoms with Gasteiger partial charge in [0.25, 0.3) is 5.91 Å². The molecular weight excluding hydrogens is 374 g/mol. The number of para-hydroxylation sites is 2. The Hall–Kier alpha value is -2.66. The van der Waals surface area contributed by atoms with E-state index in [2.05, 4.69) is 16.0 Å². The zero-order valence-corrected chi connectivity index (χ0v) is 17.2. The second-order valence-corrected chi connectivity index (χ2v) is 9.47. The molecule has 4 bridgehead atoms. The predicted octanol–water partition coefficient (Wildman–Crippen LogP) is 4.44. The third kappa shape index (κ3) is 3.99. The second-order valence-electron chi connectivity index (χ2n) is 9.47. The average molecular weight is 404 g/mol. The Morgan fingerprint density at radius 3 is 2.07 bits per heavy atom. The molecule has 4 saturated carbocycles. The maximum absolute atomic E-state index is 12.7. The van der Waals surface area contributed by atoms with Crippen LogP contribution in [0.1, 0.15) is 48.9 Å². The summed E-state index contributed by atoms with van der Waals surface area (Å²) in [6.07, 6.45) is 7.79. The summed E-state index contributed by atoms with van der Waals surface area (Å²) in [5.74, 6) is 2.20. The standard InChI is InChI=1S/C25H29N3O2/c29-23(16-26-25-13-17-10-18(14-25)12-19(11-17)15-25)28-22-9-5-4-8-21(22)24(30)27-20-6-2-1-3-7-20/h1-9,17-19,26H,10-16H2,(H,27,30)(H,28,29). The van der Waals surface area contributed by atoms with Crippen LogP contribution in [0, 0.1) is 17.8 Å². The van der Waals surface area contributed by atoms with Gasteiger partial charge in [0.15, 0.2) is 0 Å². The van der Waals surface area contributed by atoms with Gasteiger partial charge >= 0.3 is 0 Å². The minimum absolute atomic E-state index is 0.0919. The third-order valence-electron chi connectivity index (χ3n) is 7.14. The zero-order chi connectivity index (χ0) is 20.6. The Bertz CT molecular complexity index is 905. The van der Waals surface area contributed by atoms with Crippen LogP contribution in [0.25, 0.3) is 0 Å². The van der Waals surface area contributed by atoms with Crippen molar-refractivity contribution in [2.24, 2.45) is 17.8 Å². The van der Waals surface area contributed by atoms with E-state index in [9.17, 15) is 9.59 Å². The Morgan fingerprint density at radius 2 is 1.40 bits per heavy atom. The molecule has 3 N–H and O–H groups in total. The lowest BCUT2D eigenvalue weighted by atomic mass is 9.53. The highest BCUT2D eigenvalue weighted by Crippen LogP contribution is 2.55. The van der Waals surface area contributed by atoms with Crippen molar-refractivity contribution in [1.82, 2.24) is 5.32 Å². The summed E-state index contributed by atoms with van der Waals surface area (Å²) in [4.78, 5) is 25.5. The third-order valence-corrected chi connectivity index (χ3v) is 7.14. The molecule has 5 nitrogen and oxygen atoms in total. The number of amides is 2. The van der Waals surface area contributed by atoms with E-state index in [1.807, 2.05) is 42.5 Å². The number of rotatable bonds is 6. The first-order valence-corrected chi connectivity index (χ1v) is 11.1. The van der Waals surface area contributed by atoms with Crippen LogP contribution in [-0.4, -0.2) is 23.9 Å². The van der Waals surface area contributed by atoms with Crippen LogP contribution in [0.3, 0.4) is 0 Å². The van der Waals surface area contributed by atoms with Crippen molar-refractivity contribution in [3.63, 3.8) is 0 Å². The number of benzene rings is 2. The molecule has 4 aliphatic rings. The highest BCUT2D eigenvalue weighted by Gasteiger charge is 2.50. The summed E-state index contributed by atoms with van der Waals surface area (Å²) < 4.78 is 0. The Labute approximate surface area is 177 Å². The average Bonchev–Trinajstić information content (AvgIpc) is 2.72. The molecule has 0 unspecified atom stereocenters. The van der Waals surface area contributed by atoms with Gasteiger partial charge in [-0.05, 0) is 80.5 Å². The number of hydrogen-bond donors (Lipinski definition) is 3. The molecule has 4 aliphatic carbocycles.